The van der Waals surface area contributed by atoms with E-state index in [9.17, 15) is 0 Å². The molecule has 3 aliphatic rings. The Kier molecular flexibility index (Phi) is 16.4. The van der Waals surface area contributed by atoms with Crippen molar-refractivity contribution in [3.63, 3.8) is 0 Å². The zero-order valence-electron chi connectivity index (χ0n) is 27.9. The Labute approximate surface area is 291 Å². The molecule has 0 spiro atoms. The topological polar surface area (TPSA) is 27.7 Å². The van der Waals surface area contributed by atoms with E-state index >= 15 is 0 Å². The fourth-order valence-corrected chi connectivity index (χ4v) is 10.5. The average molecular weight is 823 g/mol. The van der Waals surface area contributed by atoms with Gasteiger partial charge in [-0.25, -0.2) is 0 Å². The van der Waals surface area contributed by atoms with Crippen molar-refractivity contribution in [2.24, 2.45) is 0 Å². The molecule has 0 aromatic heterocycles. The molecule has 1 N–H and O–H groups in total. The number of nitrogens with one attached hydrogen (secondary N) is 1. The zero-order chi connectivity index (χ0) is 32.5. The predicted molar refractivity (Wildman–Crippen MR) is 210 cm³/mol. The molecule has 0 aromatic carbocycles. The Morgan fingerprint density at radius 1 is 0.952 bits per heavy atom. The van der Waals surface area contributed by atoms with Crippen molar-refractivity contribution in [2.45, 2.75) is 104 Å². The number of hydrogen-bond acceptors (Lipinski definition) is 4. The third-order valence-corrected chi connectivity index (χ3v) is 22.2. The summed E-state index contributed by atoms with van der Waals surface area (Å²) >= 11 is 17.0. The Bertz CT molecular complexity index is 1080. The van der Waals surface area contributed by atoms with Gasteiger partial charge in [-0.1, -0.05) is 147 Å². The first-order valence-corrected chi connectivity index (χ1v) is 23.5. The highest BCUT2D eigenvalue weighted by molar-refractivity contribution is 9.12. The Morgan fingerprint density at radius 2 is 1.52 bits per heavy atom. The summed E-state index contributed by atoms with van der Waals surface area (Å²) in [5.74, 6) is 0. The second kappa shape index (κ2) is 17.2. The van der Waals surface area contributed by atoms with Crippen LogP contribution in [0.25, 0.3) is 0 Å². The fourth-order valence-electron chi connectivity index (χ4n) is 3.87. The molecule has 0 aromatic rings. The molecule has 0 aliphatic carbocycles. The molecule has 13 heteroatoms. The van der Waals surface area contributed by atoms with Crippen molar-refractivity contribution >= 4 is 96.4 Å². The molecule has 3 aliphatic heterocycles. The number of allylic oxidation sites excluding steroid dienone is 6. The van der Waals surface area contributed by atoms with Gasteiger partial charge in [0.15, 0.2) is 0 Å². The normalized spacial score (nSPS) is 17.5. The van der Waals surface area contributed by atoms with Crippen LogP contribution in [0, 0.1) is 0 Å². The molecule has 234 valence electrons. The maximum Gasteiger partial charge on any atom is 0.456 e. The first kappa shape index (κ1) is 40.2. The standard InChI is InChI=1S/C11H21BBrNSi.C10H18BBrClNSi.C8H13BBrNO/c1-9-7-10(13)12-14(8-9)15(5,6)11(2,3)4;1-10(2,3)15(4,5)14-8-6-7-9(12)11(14)13;1-2-3-7-12-9-8(10)5-4-6-11-9/h7-8,12H,1-6H3;6-8H,1-5H3;4-6,11H,2-3,7H2,1H3. The Balaban J connectivity index is 0.000000317. The molecule has 42 heavy (non-hydrogen) atoms. The highest BCUT2D eigenvalue weighted by atomic mass is 79.9. The van der Waals surface area contributed by atoms with Gasteiger partial charge in [-0.2, -0.15) is 11.5 Å². The molecular formula is C29H52B3Br3ClN3OSi2. The molecule has 0 atom stereocenters. The van der Waals surface area contributed by atoms with Gasteiger partial charge >= 0.3 is 13.3 Å². The van der Waals surface area contributed by atoms with Gasteiger partial charge in [0.2, 0.25) is 0 Å². The highest BCUT2D eigenvalue weighted by Gasteiger charge is 2.44. The van der Waals surface area contributed by atoms with Crippen LogP contribution in [-0.4, -0.2) is 52.8 Å². The Hall–Kier alpha value is 0.159. The minimum Gasteiger partial charge on any atom is -0.447 e. The van der Waals surface area contributed by atoms with Gasteiger partial charge in [-0.05, 0) is 64.1 Å². The van der Waals surface area contributed by atoms with E-state index in [1.165, 1.54) is 16.4 Å². The lowest BCUT2D eigenvalue weighted by molar-refractivity contribution is 0.312. The smallest absolute Gasteiger partial charge is 0.447 e. The monoisotopic (exact) mass is 819 g/mol. The van der Waals surface area contributed by atoms with E-state index in [4.69, 9.17) is 16.1 Å². The van der Waals surface area contributed by atoms with Crippen LogP contribution in [0.1, 0.15) is 68.2 Å². The van der Waals surface area contributed by atoms with Gasteiger partial charge in [0.05, 0.1) is 0 Å². The van der Waals surface area contributed by atoms with Crippen molar-refractivity contribution < 1.29 is 4.65 Å². The number of rotatable bonds is 6. The van der Waals surface area contributed by atoms with E-state index < -0.39 is 16.5 Å². The number of unbranched alkanes of at least 4 members (excludes halogenated alkanes) is 1. The van der Waals surface area contributed by atoms with E-state index in [0.29, 0.717) is 10.1 Å². The summed E-state index contributed by atoms with van der Waals surface area (Å²) in [7, 11) is -1.92. The van der Waals surface area contributed by atoms with Crippen LogP contribution in [0.4, 0.5) is 0 Å². The maximum absolute atomic E-state index is 6.42. The van der Waals surface area contributed by atoms with Gasteiger partial charge in [0.25, 0.3) is 7.41 Å². The van der Waals surface area contributed by atoms with E-state index in [1.54, 1.807) is 0 Å². The molecule has 0 unspecified atom stereocenters. The number of halogens is 4. The van der Waals surface area contributed by atoms with Crippen LogP contribution in [0.5, 0.6) is 0 Å². The van der Waals surface area contributed by atoms with Crippen LogP contribution in [0.2, 0.25) is 36.3 Å². The quantitative estimate of drug-likeness (QED) is 0.213. The summed E-state index contributed by atoms with van der Waals surface area (Å²) in [6.45, 7) is 28.7. The molecule has 0 bridgehead atoms. The molecule has 4 nitrogen and oxygen atoms in total. The van der Waals surface area contributed by atoms with Crippen LogP contribution in [-0.2, 0) is 4.65 Å². The SMILES string of the molecule is CC(C)(C)[Si](C)(C)N1C=CC=C(Br)B1Cl.CC1=CN([Si](C)(C)C(C)(C)C)BC(Br)=C1.CCCCOB1NC=CC=C1Br. The van der Waals surface area contributed by atoms with Crippen LogP contribution in [0.3, 0.4) is 0 Å². The third kappa shape index (κ3) is 11.8. The zero-order valence-corrected chi connectivity index (χ0v) is 35.4. The largest absolute Gasteiger partial charge is 0.456 e. The van der Waals surface area contributed by atoms with Crippen LogP contribution >= 0.6 is 59.2 Å². The van der Waals surface area contributed by atoms with Crippen molar-refractivity contribution in [3.8, 4) is 0 Å². The molecular weight excluding hydrogens is 770 g/mol. The van der Waals surface area contributed by atoms with E-state index in [2.05, 4.69) is 168 Å². The maximum atomic E-state index is 6.42. The van der Waals surface area contributed by atoms with Gasteiger partial charge in [-0.15, -0.1) is 0 Å². The molecule has 0 saturated heterocycles. The number of nitrogens with zero attached hydrogens (tertiary/aromatic N) is 2. The highest BCUT2D eigenvalue weighted by Crippen LogP contribution is 2.41. The summed E-state index contributed by atoms with van der Waals surface area (Å²) in [5.41, 5.74) is 1.35. The van der Waals surface area contributed by atoms with Gasteiger partial charge in [-0.3, -0.25) is 0 Å². The van der Waals surface area contributed by atoms with Crippen molar-refractivity contribution in [1.82, 2.24) is 14.2 Å². The van der Waals surface area contributed by atoms with Crippen LogP contribution in [0.15, 0.2) is 67.7 Å². The average Bonchev–Trinajstić information content (AvgIpc) is 2.86. The van der Waals surface area contributed by atoms with Crippen LogP contribution < -0.4 is 5.23 Å². The molecule has 0 amide bonds. The lowest BCUT2D eigenvalue weighted by Crippen LogP contribution is -2.57. The van der Waals surface area contributed by atoms with Crippen molar-refractivity contribution in [1.29, 1.82) is 0 Å². The lowest BCUT2D eigenvalue weighted by atomic mass is 9.81. The summed E-state index contributed by atoms with van der Waals surface area (Å²) in [6.07, 6.45) is 18.8. The van der Waals surface area contributed by atoms with Gasteiger partial charge in [0.1, 0.15) is 16.5 Å². The second-order valence-corrected chi connectivity index (χ2v) is 27.6. The molecule has 3 rings (SSSR count). The predicted octanol–water partition coefficient (Wildman–Crippen LogP) is 10.4. The Morgan fingerprint density at radius 3 is 2.02 bits per heavy atom. The second-order valence-electron chi connectivity index (χ2n) is 14.0. The van der Waals surface area contributed by atoms with E-state index in [-0.39, 0.29) is 13.3 Å². The fraction of sp³-hybridized carbons (Fsp3) is 0.586. The minimum atomic E-state index is -1.57. The first-order valence-electron chi connectivity index (χ1n) is 14.8. The van der Waals surface area contributed by atoms with Crippen molar-refractivity contribution in [3.05, 3.63) is 67.7 Å². The summed E-state index contributed by atoms with van der Waals surface area (Å²) in [5, 5.41) is 3.81. The molecule has 0 fully saturated rings. The van der Waals surface area contributed by atoms with Crippen molar-refractivity contribution in [2.75, 3.05) is 6.61 Å². The summed E-state index contributed by atoms with van der Waals surface area (Å²) in [4.78, 5) is 0. The van der Waals surface area contributed by atoms with Gasteiger partial charge in [0, 0.05) is 15.4 Å². The number of hydrogen-bond donors (Lipinski definition) is 1. The van der Waals surface area contributed by atoms with Gasteiger partial charge < -0.3 is 18.8 Å². The summed E-state index contributed by atoms with van der Waals surface area (Å²) < 4.78 is 13.9. The molecule has 0 radical (unpaired) electrons. The minimum absolute atomic E-state index is 0.0153. The lowest BCUT2D eigenvalue weighted by Gasteiger charge is -2.47. The summed E-state index contributed by atoms with van der Waals surface area (Å²) in [6, 6.07) is 0. The first-order chi connectivity index (χ1) is 19.2. The third-order valence-electron chi connectivity index (χ3n) is 8.71. The van der Waals surface area contributed by atoms with E-state index in [0.717, 1.165) is 29.2 Å². The van der Waals surface area contributed by atoms with E-state index in [1.807, 2.05) is 24.4 Å². The molecule has 0 saturated carbocycles. The molecule has 3 heterocycles.